The van der Waals surface area contributed by atoms with E-state index in [4.69, 9.17) is 10.2 Å². The van der Waals surface area contributed by atoms with Gasteiger partial charge in [0.1, 0.15) is 0 Å². The molecule has 2 amide bonds. The van der Waals surface area contributed by atoms with Crippen LogP contribution in [0.1, 0.15) is 26.7 Å². The highest BCUT2D eigenvalue weighted by atomic mass is 16.4. The minimum Gasteiger partial charge on any atom is -0.479 e. The Morgan fingerprint density at radius 1 is 1.47 bits per heavy atom. The summed E-state index contributed by atoms with van der Waals surface area (Å²) >= 11 is 0. The Labute approximate surface area is 101 Å². The number of aliphatic hydroxyl groups is 1. The molecular formula is C11H20N2O4. The summed E-state index contributed by atoms with van der Waals surface area (Å²) < 4.78 is 0. The van der Waals surface area contributed by atoms with Crippen molar-refractivity contribution in [2.75, 3.05) is 13.1 Å². The maximum absolute atomic E-state index is 11.7. The number of carbonyl (C=O) groups is 2. The van der Waals surface area contributed by atoms with Crippen molar-refractivity contribution in [3.05, 3.63) is 0 Å². The zero-order valence-electron chi connectivity index (χ0n) is 10.2. The van der Waals surface area contributed by atoms with Gasteiger partial charge in [-0.05, 0) is 19.3 Å². The van der Waals surface area contributed by atoms with E-state index in [1.54, 1.807) is 4.90 Å². The number of aliphatic carboxylic acids is 1. The highest BCUT2D eigenvalue weighted by Gasteiger charge is 2.29. The molecule has 0 aromatic heterocycles. The van der Waals surface area contributed by atoms with E-state index < -0.39 is 12.1 Å². The first-order valence-corrected chi connectivity index (χ1v) is 5.87. The summed E-state index contributed by atoms with van der Waals surface area (Å²) in [5, 5.41) is 20.1. The monoisotopic (exact) mass is 244 g/mol. The lowest BCUT2D eigenvalue weighted by Gasteiger charge is -2.22. The lowest BCUT2D eigenvalue weighted by Crippen LogP contribution is -2.43. The van der Waals surface area contributed by atoms with Crippen molar-refractivity contribution >= 4 is 12.0 Å². The number of nitrogens with one attached hydrogen (secondary N) is 1. The maximum Gasteiger partial charge on any atom is 0.332 e. The van der Waals surface area contributed by atoms with E-state index in [-0.39, 0.29) is 25.0 Å². The van der Waals surface area contributed by atoms with Crippen LogP contribution in [-0.4, -0.2) is 52.3 Å². The van der Waals surface area contributed by atoms with E-state index in [2.05, 4.69) is 12.2 Å². The molecule has 0 aliphatic carbocycles. The fourth-order valence-corrected chi connectivity index (χ4v) is 2.12. The summed E-state index contributed by atoms with van der Waals surface area (Å²) in [7, 11) is 0. The van der Waals surface area contributed by atoms with Crippen LogP contribution in [0.4, 0.5) is 4.79 Å². The number of rotatable bonds is 4. The molecule has 98 valence electrons. The normalized spacial score (nSPS) is 25.7. The maximum atomic E-state index is 11.7. The van der Waals surface area contributed by atoms with Crippen LogP contribution in [0.2, 0.25) is 0 Å². The molecule has 6 nitrogen and oxygen atoms in total. The van der Waals surface area contributed by atoms with Gasteiger partial charge < -0.3 is 20.4 Å². The summed E-state index contributed by atoms with van der Waals surface area (Å²) in [4.78, 5) is 23.8. The number of carbonyl (C=O) groups excluding carboxylic acids is 1. The second kappa shape index (κ2) is 5.86. The van der Waals surface area contributed by atoms with Gasteiger partial charge in [-0.2, -0.15) is 0 Å². The first-order valence-electron chi connectivity index (χ1n) is 5.87. The zero-order chi connectivity index (χ0) is 13.0. The van der Waals surface area contributed by atoms with E-state index >= 15 is 0 Å². The third-order valence-electron chi connectivity index (χ3n) is 3.02. The Morgan fingerprint density at radius 3 is 2.59 bits per heavy atom. The van der Waals surface area contributed by atoms with Crippen molar-refractivity contribution in [1.29, 1.82) is 0 Å². The molecule has 0 aromatic rings. The molecule has 1 heterocycles. The lowest BCUT2D eigenvalue weighted by atomic mass is 10.1. The topological polar surface area (TPSA) is 89.9 Å². The molecule has 1 fully saturated rings. The van der Waals surface area contributed by atoms with Crippen molar-refractivity contribution in [2.45, 2.75) is 38.8 Å². The van der Waals surface area contributed by atoms with E-state index in [9.17, 15) is 9.59 Å². The quantitative estimate of drug-likeness (QED) is 0.661. The van der Waals surface area contributed by atoms with Crippen LogP contribution in [0.3, 0.4) is 0 Å². The van der Waals surface area contributed by atoms with Gasteiger partial charge in [0, 0.05) is 25.6 Å². The summed E-state index contributed by atoms with van der Waals surface area (Å²) in [6.07, 6.45) is -0.394. The van der Waals surface area contributed by atoms with Crippen LogP contribution >= 0.6 is 0 Å². The average molecular weight is 244 g/mol. The molecule has 6 heteroatoms. The summed E-state index contributed by atoms with van der Waals surface area (Å²) in [6.45, 7) is 4.99. The molecule has 17 heavy (non-hydrogen) atoms. The first-order chi connectivity index (χ1) is 7.91. The molecule has 3 N–H and O–H groups in total. The van der Waals surface area contributed by atoms with Gasteiger partial charge in [-0.1, -0.05) is 6.92 Å². The largest absolute Gasteiger partial charge is 0.479 e. The summed E-state index contributed by atoms with van der Waals surface area (Å²) in [5.41, 5.74) is 0. The van der Waals surface area contributed by atoms with Gasteiger partial charge in [-0.25, -0.2) is 9.59 Å². The predicted octanol–water partition coefficient (Wildman–Crippen LogP) is 0.262. The van der Waals surface area contributed by atoms with E-state index in [1.165, 1.54) is 0 Å². The number of hydrogen-bond acceptors (Lipinski definition) is 3. The van der Waals surface area contributed by atoms with Gasteiger partial charge in [0.05, 0.1) is 0 Å². The standard InChI is InChI=1S/C11H20N2O4/c1-7-5-8(2)13(6-7)11(17)12-4-3-9(14)10(15)16/h7-9,14H,3-6H2,1-2H3,(H,12,17)(H,15,16)/t7?,8?,9-/m0/s1. The van der Waals surface area contributed by atoms with E-state index in [0.717, 1.165) is 13.0 Å². The Hall–Kier alpha value is -1.30. The van der Waals surface area contributed by atoms with E-state index in [0.29, 0.717) is 5.92 Å². The Kier molecular flexibility index (Phi) is 4.74. The van der Waals surface area contributed by atoms with Crippen LogP contribution < -0.4 is 5.32 Å². The molecule has 0 aromatic carbocycles. The van der Waals surface area contributed by atoms with Crippen molar-refractivity contribution in [3.63, 3.8) is 0 Å². The SMILES string of the molecule is CC1CC(C)N(C(=O)NCC[C@H](O)C(=O)O)C1. The molecule has 1 rings (SSSR count). The van der Waals surface area contributed by atoms with Crippen molar-refractivity contribution in [3.8, 4) is 0 Å². The minimum atomic E-state index is -1.41. The molecular weight excluding hydrogens is 224 g/mol. The van der Waals surface area contributed by atoms with Crippen molar-refractivity contribution in [1.82, 2.24) is 10.2 Å². The molecule has 0 bridgehead atoms. The van der Waals surface area contributed by atoms with Gasteiger partial charge in [-0.3, -0.25) is 0 Å². The van der Waals surface area contributed by atoms with Gasteiger partial charge in [0.2, 0.25) is 0 Å². The minimum absolute atomic E-state index is 0.0266. The average Bonchev–Trinajstić information content (AvgIpc) is 2.57. The Bertz CT molecular complexity index is 295. The van der Waals surface area contributed by atoms with Gasteiger partial charge in [0.15, 0.2) is 6.10 Å². The number of nitrogens with zero attached hydrogens (tertiary/aromatic N) is 1. The van der Waals surface area contributed by atoms with E-state index in [1.807, 2.05) is 6.92 Å². The molecule has 0 saturated carbocycles. The fraction of sp³-hybridized carbons (Fsp3) is 0.818. The van der Waals surface area contributed by atoms with Crippen LogP contribution in [-0.2, 0) is 4.79 Å². The summed E-state index contributed by atoms with van der Waals surface area (Å²) in [6, 6.07) is 0.0360. The highest BCUT2D eigenvalue weighted by Crippen LogP contribution is 2.21. The van der Waals surface area contributed by atoms with Crippen LogP contribution in [0, 0.1) is 5.92 Å². The third-order valence-corrected chi connectivity index (χ3v) is 3.02. The molecule has 1 aliphatic heterocycles. The lowest BCUT2D eigenvalue weighted by molar-refractivity contribution is -0.146. The second-order valence-corrected chi connectivity index (χ2v) is 4.72. The first kappa shape index (κ1) is 13.8. The second-order valence-electron chi connectivity index (χ2n) is 4.72. The summed E-state index contributed by atoms with van der Waals surface area (Å²) in [5.74, 6) is -0.761. The molecule has 1 saturated heterocycles. The van der Waals surface area contributed by atoms with Gasteiger partial charge in [-0.15, -0.1) is 0 Å². The molecule has 3 atom stereocenters. The van der Waals surface area contributed by atoms with Gasteiger partial charge >= 0.3 is 12.0 Å². The van der Waals surface area contributed by atoms with Crippen molar-refractivity contribution in [2.24, 2.45) is 5.92 Å². The highest BCUT2D eigenvalue weighted by molar-refractivity contribution is 5.75. The predicted molar refractivity (Wildman–Crippen MR) is 61.6 cm³/mol. The number of likely N-dealkylation sites (tertiary alicyclic amines) is 1. The fourth-order valence-electron chi connectivity index (χ4n) is 2.12. The third kappa shape index (κ3) is 3.89. The number of urea groups is 1. The zero-order valence-corrected chi connectivity index (χ0v) is 10.2. The van der Waals surface area contributed by atoms with Crippen LogP contribution in [0.5, 0.6) is 0 Å². The number of hydrogen-bond donors (Lipinski definition) is 3. The molecule has 2 unspecified atom stereocenters. The van der Waals surface area contributed by atoms with Gasteiger partial charge in [0.25, 0.3) is 0 Å². The Balaban J connectivity index is 2.28. The molecule has 0 spiro atoms. The number of aliphatic hydroxyl groups excluding tert-OH is 1. The number of carboxylic acids is 1. The Morgan fingerprint density at radius 2 is 2.12 bits per heavy atom. The molecule has 0 radical (unpaired) electrons. The number of amides is 2. The molecule has 1 aliphatic rings. The van der Waals surface area contributed by atoms with Crippen LogP contribution in [0.25, 0.3) is 0 Å². The smallest absolute Gasteiger partial charge is 0.332 e. The van der Waals surface area contributed by atoms with Crippen LogP contribution in [0.15, 0.2) is 0 Å². The van der Waals surface area contributed by atoms with Crippen molar-refractivity contribution < 1.29 is 19.8 Å². The number of carboxylic acid groups (broad SMARTS) is 1.